The molecule has 1 amide bonds. The van der Waals surface area contributed by atoms with Crippen molar-refractivity contribution in [2.45, 2.75) is 64.5 Å². The van der Waals surface area contributed by atoms with E-state index in [1.165, 1.54) is 18.9 Å². The zero-order valence-electron chi connectivity index (χ0n) is 19.0. The van der Waals surface area contributed by atoms with Gasteiger partial charge >= 0.3 is 0 Å². The number of nitrogens with zero attached hydrogens (tertiary/aromatic N) is 2. The molecule has 2 heterocycles. The van der Waals surface area contributed by atoms with Gasteiger partial charge in [0.05, 0.1) is 11.3 Å². The summed E-state index contributed by atoms with van der Waals surface area (Å²) in [5.41, 5.74) is 1.71. The molecule has 2 aliphatic heterocycles. The van der Waals surface area contributed by atoms with Gasteiger partial charge in [0.1, 0.15) is 5.82 Å². The van der Waals surface area contributed by atoms with E-state index >= 15 is 4.39 Å². The van der Waals surface area contributed by atoms with Crippen molar-refractivity contribution in [2.24, 2.45) is 0 Å². The van der Waals surface area contributed by atoms with Crippen LogP contribution in [0, 0.1) is 5.82 Å². The summed E-state index contributed by atoms with van der Waals surface area (Å²) in [4.78, 5) is 17.9. The normalized spacial score (nSPS) is 24.5. The topological polar surface area (TPSA) is 57.7 Å². The highest BCUT2D eigenvalue weighted by Crippen LogP contribution is 2.31. The second-order valence-electron chi connectivity index (χ2n) is 9.20. The Morgan fingerprint density at radius 2 is 1.91 bits per heavy atom. The number of sulfone groups is 1. The molecule has 2 fully saturated rings. The Bertz CT molecular complexity index is 1050. The number of amides is 1. The van der Waals surface area contributed by atoms with Crippen molar-refractivity contribution in [1.82, 2.24) is 9.80 Å². The first-order chi connectivity index (χ1) is 15.3. The van der Waals surface area contributed by atoms with Crippen LogP contribution >= 0.6 is 0 Å². The average Bonchev–Trinajstić information content (AvgIpc) is 3.42. The summed E-state index contributed by atoms with van der Waals surface area (Å²) in [6.45, 7) is 6.50. The van der Waals surface area contributed by atoms with E-state index in [1.807, 2.05) is 4.90 Å². The van der Waals surface area contributed by atoms with Crippen LogP contribution in [0.15, 0.2) is 35.3 Å². The minimum atomic E-state index is -3.19. The molecule has 0 N–H and O–H groups in total. The van der Waals surface area contributed by atoms with Gasteiger partial charge in [0.2, 0.25) is 0 Å². The number of rotatable bonds is 6. The molecule has 2 saturated heterocycles. The summed E-state index contributed by atoms with van der Waals surface area (Å²) >= 11 is 0. The maximum absolute atomic E-state index is 15.0. The fourth-order valence-corrected chi connectivity index (χ4v) is 6.23. The Hall–Kier alpha value is -1.99. The zero-order valence-corrected chi connectivity index (χ0v) is 19.8. The molecule has 174 valence electrons. The van der Waals surface area contributed by atoms with E-state index in [1.54, 1.807) is 31.2 Å². The van der Waals surface area contributed by atoms with E-state index in [0.29, 0.717) is 35.9 Å². The van der Waals surface area contributed by atoms with Crippen LogP contribution in [0.1, 0.15) is 68.3 Å². The number of carbonyl (C=O) groups excluding carboxylic acids is 1. The van der Waals surface area contributed by atoms with E-state index in [2.05, 4.69) is 11.8 Å². The molecule has 5 nitrogen and oxygen atoms in total. The van der Waals surface area contributed by atoms with Gasteiger partial charge in [0.25, 0.3) is 5.91 Å². The standard InChI is InChI=1S/C25H33FN2O3S/c1-3-32(30,31)22-11-8-19(9-12-22)20-10-13-23(24(26)16-20)25(29)28-15-5-7-21(28)17-27-14-4-6-18(27)2/h8,10-11,13,16,18,21H,3-7,9,12,14-15,17H2,1-2H3. The van der Waals surface area contributed by atoms with E-state index < -0.39 is 15.7 Å². The number of likely N-dealkylation sites (tertiary alicyclic amines) is 2. The number of halogens is 1. The molecular weight excluding hydrogens is 427 g/mol. The van der Waals surface area contributed by atoms with Crippen LogP contribution in [0.5, 0.6) is 0 Å². The molecule has 1 aromatic carbocycles. The van der Waals surface area contributed by atoms with Crippen LogP contribution in [0.25, 0.3) is 5.57 Å². The monoisotopic (exact) mass is 460 g/mol. The smallest absolute Gasteiger partial charge is 0.257 e. The second-order valence-corrected chi connectivity index (χ2v) is 11.5. The lowest BCUT2D eigenvalue weighted by Gasteiger charge is -2.31. The van der Waals surface area contributed by atoms with E-state index in [9.17, 15) is 13.2 Å². The van der Waals surface area contributed by atoms with E-state index in [-0.39, 0.29) is 23.3 Å². The molecule has 0 radical (unpaired) electrons. The van der Waals surface area contributed by atoms with E-state index in [0.717, 1.165) is 31.5 Å². The molecule has 0 spiro atoms. The number of hydrogen-bond acceptors (Lipinski definition) is 4. The van der Waals surface area contributed by atoms with Gasteiger partial charge in [0.15, 0.2) is 9.84 Å². The van der Waals surface area contributed by atoms with Crippen molar-refractivity contribution in [1.29, 1.82) is 0 Å². The van der Waals surface area contributed by atoms with Crippen molar-refractivity contribution in [2.75, 3.05) is 25.4 Å². The van der Waals surface area contributed by atoms with Gasteiger partial charge in [-0.2, -0.15) is 0 Å². The molecule has 0 aromatic heterocycles. The first-order valence-electron chi connectivity index (χ1n) is 11.8. The van der Waals surface area contributed by atoms with Gasteiger partial charge in [-0.3, -0.25) is 9.69 Å². The third-order valence-electron chi connectivity index (χ3n) is 7.23. The molecule has 2 unspecified atom stereocenters. The number of hydrogen-bond donors (Lipinski definition) is 0. The van der Waals surface area contributed by atoms with Gasteiger partial charge in [-0.25, -0.2) is 12.8 Å². The molecule has 7 heteroatoms. The van der Waals surface area contributed by atoms with Gasteiger partial charge in [-0.1, -0.05) is 19.1 Å². The Balaban J connectivity index is 1.49. The zero-order chi connectivity index (χ0) is 22.9. The first kappa shape index (κ1) is 23.2. The SMILES string of the molecule is CCS(=O)(=O)C1=CC=C(c2ccc(C(=O)N3CCCC3CN3CCCC3C)c(F)c2)CC1. The summed E-state index contributed by atoms with van der Waals surface area (Å²) in [6.07, 6.45) is 8.69. The highest BCUT2D eigenvalue weighted by molar-refractivity contribution is 7.95. The minimum absolute atomic E-state index is 0.0849. The number of benzene rings is 1. The molecule has 0 saturated carbocycles. The Morgan fingerprint density at radius 3 is 2.53 bits per heavy atom. The van der Waals surface area contributed by atoms with Crippen molar-refractivity contribution in [3.8, 4) is 0 Å². The lowest BCUT2D eigenvalue weighted by atomic mass is 9.96. The van der Waals surface area contributed by atoms with Crippen molar-refractivity contribution in [3.05, 3.63) is 52.2 Å². The van der Waals surface area contributed by atoms with Gasteiger partial charge < -0.3 is 4.90 Å². The maximum Gasteiger partial charge on any atom is 0.257 e. The molecular formula is C25H33FN2O3S. The van der Waals surface area contributed by atoms with Gasteiger partial charge in [0, 0.05) is 30.1 Å². The second kappa shape index (κ2) is 9.48. The van der Waals surface area contributed by atoms with Crippen LogP contribution in [-0.4, -0.2) is 61.6 Å². The summed E-state index contributed by atoms with van der Waals surface area (Å²) in [5.74, 6) is -0.650. The Morgan fingerprint density at radius 1 is 1.12 bits per heavy atom. The highest BCUT2D eigenvalue weighted by Gasteiger charge is 2.34. The molecule has 1 aromatic rings. The van der Waals surface area contributed by atoms with Gasteiger partial charge in [-0.15, -0.1) is 0 Å². The quantitative estimate of drug-likeness (QED) is 0.631. The third-order valence-corrected chi connectivity index (χ3v) is 9.13. The predicted octanol–water partition coefficient (Wildman–Crippen LogP) is 4.41. The fraction of sp³-hybridized carbons (Fsp3) is 0.560. The molecule has 0 bridgehead atoms. The van der Waals surface area contributed by atoms with Crippen molar-refractivity contribution >= 4 is 21.3 Å². The minimum Gasteiger partial charge on any atom is -0.334 e. The summed E-state index contributed by atoms with van der Waals surface area (Å²) in [5, 5.41) is 0. The molecule has 4 rings (SSSR count). The molecule has 32 heavy (non-hydrogen) atoms. The summed E-state index contributed by atoms with van der Waals surface area (Å²) in [6, 6.07) is 5.48. The maximum atomic E-state index is 15.0. The lowest BCUT2D eigenvalue weighted by molar-refractivity contribution is 0.0692. The third kappa shape index (κ3) is 4.69. The fourth-order valence-electron chi connectivity index (χ4n) is 5.17. The van der Waals surface area contributed by atoms with Crippen LogP contribution in [-0.2, 0) is 9.84 Å². The summed E-state index contributed by atoms with van der Waals surface area (Å²) in [7, 11) is -3.19. The molecule has 1 aliphatic carbocycles. The average molecular weight is 461 g/mol. The largest absolute Gasteiger partial charge is 0.334 e. The number of allylic oxidation sites excluding steroid dienone is 4. The predicted molar refractivity (Wildman–Crippen MR) is 125 cm³/mol. The van der Waals surface area contributed by atoms with Crippen molar-refractivity contribution < 1.29 is 17.6 Å². The number of carbonyl (C=O) groups is 1. The Labute approximate surface area is 190 Å². The van der Waals surface area contributed by atoms with Crippen LogP contribution in [0.3, 0.4) is 0 Å². The molecule has 3 aliphatic rings. The highest BCUT2D eigenvalue weighted by atomic mass is 32.2. The first-order valence-corrected chi connectivity index (χ1v) is 13.4. The summed E-state index contributed by atoms with van der Waals surface area (Å²) < 4.78 is 39.1. The van der Waals surface area contributed by atoms with E-state index in [4.69, 9.17) is 0 Å². The lowest BCUT2D eigenvalue weighted by Crippen LogP contribution is -2.44. The van der Waals surface area contributed by atoms with Crippen molar-refractivity contribution in [3.63, 3.8) is 0 Å². The molecule has 2 atom stereocenters. The van der Waals surface area contributed by atoms with Gasteiger partial charge in [-0.05, 0) is 81.3 Å². The van der Waals surface area contributed by atoms with Crippen LogP contribution in [0.4, 0.5) is 4.39 Å². The van der Waals surface area contributed by atoms with Crippen LogP contribution in [0.2, 0.25) is 0 Å². The Kier molecular flexibility index (Phi) is 6.86. The van der Waals surface area contributed by atoms with Crippen LogP contribution < -0.4 is 0 Å².